The summed E-state index contributed by atoms with van der Waals surface area (Å²) in [5.41, 5.74) is 8.21. The number of thioether (sulfide) groups is 1. The van der Waals surface area contributed by atoms with Gasteiger partial charge in [-0.3, -0.25) is 0 Å². The molecule has 1 unspecified atom stereocenters. The molecule has 5 heteroatoms. The molecule has 0 radical (unpaired) electrons. The van der Waals surface area contributed by atoms with E-state index in [1.807, 2.05) is 12.3 Å². The number of aromatic nitrogens is 2. The van der Waals surface area contributed by atoms with Crippen LogP contribution in [-0.2, 0) is 12.2 Å². The van der Waals surface area contributed by atoms with Gasteiger partial charge in [0.2, 0.25) is 0 Å². The van der Waals surface area contributed by atoms with Gasteiger partial charge >= 0.3 is 0 Å². The maximum absolute atomic E-state index is 13.1. The fourth-order valence-electron chi connectivity index (χ4n) is 2.40. The van der Waals surface area contributed by atoms with Gasteiger partial charge in [0.05, 0.1) is 5.75 Å². The van der Waals surface area contributed by atoms with Crippen molar-refractivity contribution in [3.05, 3.63) is 53.4 Å². The van der Waals surface area contributed by atoms with Crippen LogP contribution in [0, 0.1) is 5.82 Å². The van der Waals surface area contributed by atoms with Gasteiger partial charge in [-0.1, -0.05) is 6.07 Å². The molecule has 20 heavy (non-hydrogen) atoms. The van der Waals surface area contributed by atoms with Crippen molar-refractivity contribution in [1.82, 2.24) is 9.97 Å². The molecular weight excluding hydrogens is 273 g/mol. The van der Waals surface area contributed by atoms with Crippen LogP contribution in [0.3, 0.4) is 0 Å². The number of hydrogen-bond acceptors (Lipinski definition) is 4. The van der Waals surface area contributed by atoms with Gasteiger partial charge in [-0.05, 0) is 37.5 Å². The SMILES string of the molecule is NC1CCCc2nc(CSc3cccc(F)c3)ncc21. The zero-order valence-corrected chi connectivity index (χ0v) is 11.9. The molecule has 1 aliphatic rings. The zero-order chi connectivity index (χ0) is 13.9. The Labute approximate surface area is 121 Å². The summed E-state index contributed by atoms with van der Waals surface area (Å²) in [7, 11) is 0. The second-order valence-corrected chi connectivity index (χ2v) is 5.98. The lowest BCUT2D eigenvalue weighted by Crippen LogP contribution is -2.19. The first-order chi connectivity index (χ1) is 9.72. The third kappa shape index (κ3) is 2.99. The molecule has 0 bridgehead atoms. The highest BCUT2D eigenvalue weighted by Crippen LogP contribution is 2.27. The summed E-state index contributed by atoms with van der Waals surface area (Å²) in [5.74, 6) is 1.21. The summed E-state index contributed by atoms with van der Waals surface area (Å²) < 4.78 is 13.1. The first-order valence-corrected chi connectivity index (χ1v) is 7.69. The highest BCUT2D eigenvalue weighted by atomic mass is 32.2. The molecule has 1 heterocycles. The van der Waals surface area contributed by atoms with Crippen molar-refractivity contribution in [3.8, 4) is 0 Å². The molecule has 0 fully saturated rings. The van der Waals surface area contributed by atoms with E-state index in [-0.39, 0.29) is 11.9 Å². The molecule has 1 aromatic heterocycles. The maximum atomic E-state index is 13.1. The number of aryl methyl sites for hydroxylation is 1. The Kier molecular flexibility index (Phi) is 3.98. The lowest BCUT2D eigenvalue weighted by atomic mass is 9.93. The monoisotopic (exact) mass is 289 g/mol. The average Bonchev–Trinajstić information content (AvgIpc) is 2.45. The van der Waals surface area contributed by atoms with Gasteiger partial charge in [0, 0.05) is 28.4 Å². The van der Waals surface area contributed by atoms with Gasteiger partial charge in [0.25, 0.3) is 0 Å². The molecule has 2 aromatic rings. The Bertz CT molecular complexity index is 618. The molecule has 1 aliphatic carbocycles. The molecule has 2 N–H and O–H groups in total. The van der Waals surface area contributed by atoms with E-state index < -0.39 is 0 Å². The topological polar surface area (TPSA) is 51.8 Å². The smallest absolute Gasteiger partial charge is 0.138 e. The summed E-state index contributed by atoms with van der Waals surface area (Å²) in [6, 6.07) is 6.65. The highest BCUT2D eigenvalue weighted by molar-refractivity contribution is 7.98. The number of rotatable bonds is 3. The largest absolute Gasteiger partial charge is 0.324 e. The Morgan fingerprint density at radius 2 is 2.30 bits per heavy atom. The lowest BCUT2D eigenvalue weighted by molar-refractivity contribution is 0.554. The first kappa shape index (κ1) is 13.5. The zero-order valence-electron chi connectivity index (χ0n) is 11.1. The minimum Gasteiger partial charge on any atom is -0.324 e. The molecule has 3 nitrogen and oxygen atoms in total. The molecule has 1 aromatic carbocycles. The van der Waals surface area contributed by atoms with Crippen molar-refractivity contribution in [3.63, 3.8) is 0 Å². The highest BCUT2D eigenvalue weighted by Gasteiger charge is 2.18. The fourth-order valence-corrected chi connectivity index (χ4v) is 3.20. The standard InChI is InChI=1S/C15H16FN3S/c16-10-3-1-4-11(7-10)20-9-15-18-8-12-13(17)5-2-6-14(12)19-15/h1,3-4,7-8,13H,2,5-6,9,17H2. The van der Waals surface area contributed by atoms with Gasteiger partial charge in [-0.2, -0.15) is 0 Å². The van der Waals surface area contributed by atoms with Crippen LogP contribution in [-0.4, -0.2) is 9.97 Å². The average molecular weight is 289 g/mol. The molecule has 0 aliphatic heterocycles. The molecular formula is C15H16FN3S. The van der Waals surface area contributed by atoms with Crippen molar-refractivity contribution in [2.75, 3.05) is 0 Å². The molecule has 0 amide bonds. The number of nitrogens with two attached hydrogens (primary N) is 1. The van der Waals surface area contributed by atoms with E-state index in [2.05, 4.69) is 9.97 Å². The summed E-state index contributed by atoms with van der Waals surface area (Å²) in [6.45, 7) is 0. The molecule has 3 rings (SSSR count). The van der Waals surface area contributed by atoms with Gasteiger partial charge in [0.1, 0.15) is 11.6 Å². The minimum atomic E-state index is -0.215. The number of halogens is 1. The van der Waals surface area contributed by atoms with Crippen molar-refractivity contribution in [2.24, 2.45) is 5.73 Å². The minimum absolute atomic E-state index is 0.0728. The Morgan fingerprint density at radius 3 is 3.15 bits per heavy atom. The van der Waals surface area contributed by atoms with Crippen molar-refractivity contribution in [2.45, 2.75) is 36.0 Å². The van der Waals surface area contributed by atoms with Crippen LogP contribution in [0.25, 0.3) is 0 Å². The predicted molar refractivity (Wildman–Crippen MR) is 77.9 cm³/mol. The van der Waals surface area contributed by atoms with Crippen LogP contribution < -0.4 is 5.73 Å². The van der Waals surface area contributed by atoms with Gasteiger partial charge < -0.3 is 5.73 Å². The van der Waals surface area contributed by atoms with Crippen LogP contribution in [0.1, 0.15) is 36.0 Å². The molecule has 0 saturated heterocycles. The van der Waals surface area contributed by atoms with E-state index in [4.69, 9.17) is 5.73 Å². The van der Waals surface area contributed by atoms with Crippen LogP contribution in [0.4, 0.5) is 4.39 Å². The van der Waals surface area contributed by atoms with Gasteiger partial charge in [-0.15, -0.1) is 11.8 Å². The van der Waals surface area contributed by atoms with Crippen molar-refractivity contribution >= 4 is 11.8 Å². The number of hydrogen-bond donors (Lipinski definition) is 1. The lowest BCUT2D eigenvalue weighted by Gasteiger charge is -2.20. The van der Waals surface area contributed by atoms with Gasteiger partial charge in [-0.25, -0.2) is 14.4 Å². The second kappa shape index (κ2) is 5.89. The van der Waals surface area contributed by atoms with E-state index in [1.54, 1.807) is 17.8 Å². The van der Waals surface area contributed by atoms with E-state index in [0.29, 0.717) is 5.75 Å². The second-order valence-electron chi connectivity index (χ2n) is 4.93. The van der Waals surface area contributed by atoms with E-state index in [0.717, 1.165) is 41.2 Å². The quantitative estimate of drug-likeness (QED) is 0.881. The molecule has 104 valence electrons. The van der Waals surface area contributed by atoms with Crippen LogP contribution in [0.15, 0.2) is 35.4 Å². The maximum Gasteiger partial charge on any atom is 0.138 e. The Hall–Kier alpha value is -1.46. The van der Waals surface area contributed by atoms with Gasteiger partial charge in [0.15, 0.2) is 0 Å². The van der Waals surface area contributed by atoms with Crippen molar-refractivity contribution in [1.29, 1.82) is 0 Å². The van der Waals surface area contributed by atoms with Crippen LogP contribution >= 0.6 is 11.8 Å². The Balaban J connectivity index is 1.72. The summed E-state index contributed by atoms with van der Waals surface area (Å²) in [5, 5.41) is 0. The van der Waals surface area contributed by atoms with E-state index in [1.165, 1.54) is 12.1 Å². The Morgan fingerprint density at radius 1 is 1.40 bits per heavy atom. The predicted octanol–water partition coefficient (Wildman–Crippen LogP) is 3.24. The molecule has 0 spiro atoms. The summed E-state index contributed by atoms with van der Waals surface area (Å²) >= 11 is 1.54. The summed E-state index contributed by atoms with van der Waals surface area (Å²) in [4.78, 5) is 9.86. The van der Waals surface area contributed by atoms with E-state index in [9.17, 15) is 4.39 Å². The van der Waals surface area contributed by atoms with Crippen molar-refractivity contribution < 1.29 is 4.39 Å². The molecule has 1 atom stereocenters. The van der Waals surface area contributed by atoms with Crippen LogP contribution in [0.2, 0.25) is 0 Å². The third-order valence-corrected chi connectivity index (χ3v) is 4.43. The normalized spacial score (nSPS) is 17.8. The van der Waals surface area contributed by atoms with Crippen LogP contribution in [0.5, 0.6) is 0 Å². The number of fused-ring (bicyclic) bond motifs is 1. The first-order valence-electron chi connectivity index (χ1n) is 6.71. The fraction of sp³-hybridized carbons (Fsp3) is 0.333. The summed E-state index contributed by atoms with van der Waals surface area (Å²) in [6.07, 6.45) is 4.92. The third-order valence-electron chi connectivity index (χ3n) is 3.44. The number of nitrogens with zero attached hydrogens (tertiary/aromatic N) is 2. The number of benzene rings is 1. The molecule has 0 saturated carbocycles. The van der Waals surface area contributed by atoms with E-state index >= 15 is 0 Å².